The number of rotatable bonds is 7. The molecule has 2 rings (SSSR count). The number of carbonyl (C=O) groups excluding carboxylic acids is 1. The molecule has 0 amide bonds. The van der Waals surface area contributed by atoms with E-state index in [1.54, 1.807) is 32.6 Å². The Hall–Kier alpha value is -2.47. The van der Waals surface area contributed by atoms with Gasteiger partial charge in [0.25, 0.3) is 0 Å². The lowest BCUT2D eigenvalue weighted by Crippen LogP contribution is -2.00. The summed E-state index contributed by atoms with van der Waals surface area (Å²) in [6.45, 7) is 0. The quantitative estimate of drug-likeness (QED) is 0.563. The molecular weight excluding hydrogens is 374 g/mol. The monoisotopic (exact) mass is 391 g/mol. The van der Waals surface area contributed by atoms with Gasteiger partial charge in [0.05, 0.1) is 21.3 Å². The van der Waals surface area contributed by atoms with Gasteiger partial charge in [0.1, 0.15) is 5.75 Å². The molecule has 24 heavy (non-hydrogen) atoms. The molecule has 6 heteroatoms. The molecule has 0 aliphatic rings. The molecule has 0 bridgehead atoms. The highest BCUT2D eigenvalue weighted by atomic mass is 79.9. The van der Waals surface area contributed by atoms with Crippen LogP contribution in [-0.2, 0) is 0 Å². The van der Waals surface area contributed by atoms with Gasteiger partial charge in [0.15, 0.2) is 17.3 Å². The highest BCUT2D eigenvalue weighted by Crippen LogP contribution is 2.33. The highest BCUT2D eigenvalue weighted by Gasteiger charge is 2.13. The van der Waals surface area contributed by atoms with Gasteiger partial charge in [-0.05, 0) is 52.3 Å². The number of hydrogen-bond donors (Lipinski definition) is 1. The van der Waals surface area contributed by atoms with Gasteiger partial charge >= 0.3 is 0 Å². The maximum atomic E-state index is 12.4. The van der Waals surface area contributed by atoms with Crippen molar-refractivity contribution in [1.82, 2.24) is 0 Å². The maximum absolute atomic E-state index is 12.4. The van der Waals surface area contributed by atoms with Crippen molar-refractivity contribution in [3.8, 4) is 17.2 Å². The van der Waals surface area contributed by atoms with E-state index >= 15 is 0 Å². The number of carbonyl (C=O) groups is 1. The standard InChI is InChI=1S/C18H18BrNO4/c1-22-13-6-4-12(5-7-13)20-9-8-16(21)14-10-17(23-2)18(24-3)11-15(14)19/h4-11,20H,1-3H3. The lowest BCUT2D eigenvalue weighted by atomic mass is 10.1. The summed E-state index contributed by atoms with van der Waals surface area (Å²) in [6.07, 6.45) is 3.05. The first-order valence-corrected chi connectivity index (χ1v) is 7.91. The minimum absolute atomic E-state index is 0.163. The van der Waals surface area contributed by atoms with Crippen molar-refractivity contribution in [3.05, 3.63) is 58.7 Å². The third kappa shape index (κ3) is 4.29. The molecule has 0 atom stereocenters. The van der Waals surface area contributed by atoms with E-state index in [0.717, 1.165) is 11.4 Å². The summed E-state index contributed by atoms with van der Waals surface area (Å²) >= 11 is 3.38. The van der Waals surface area contributed by atoms with Crippen molar-refractivity contribution in [2.75, 3.05) is 26.6 Å². The van der Waals surface area contributed by atoms with Gasteiger partial charge in [-0.2, -0.15) is 0 Å². The third-order valence-electron chi connectivity index (χ3n) is 3.31. The second-order valence-corrected chi connectivity index (χ2v) is 5.61. The average molecular weight is 392 g/mol. The number of halogens is 1. The molecule has 0 aliphatic heterocycles. The third-order valence-corrected chi connectivity index (χ3v) is 3.97. The summed E-state index contributed by atoms with van der Waals surface area (Å²) in [5, 5.41) is 3.04. The summed E-state index contributed by atoms with van der Waals surface area (Å²) in [5.74, 6) is 1.67. The van der Waals surface area contributed by atoms with Crippen LogP contribution < -0.4 is 19.5 Å². The lowest BCUT2D eigenvalue weighted by molar-refractivity contribution is 0.104. The zero-order chi connectivity index (χ0) is 17.5. The van der Waals surface area contributed by atoms with Crippen LogP contribution in [0.25, 0.3) is 0 Å². The van der Waals surface area contributed by atoms with Crippen LogP contribution in [0.3, 0.4) is 0 Å². The molecule has 2 aromatic carbocycles. The van der Waals surface area contributed by atoms with Gasteiger partial charge < -0.3 is 19.5 Å². The van der Waals surface area contributed by atoms with Gasteiger partial charge in [0.2, 0.25) is 0 Å². The first kappa shape index (κ1) is 17.9. The molecule has 0 saturated heterocycles. The summed E-state index contributed by atoms with van der Waals surface area (Å²) in [7, 11) is 4.69. The molecule has 0 aromatic heterocycles. The summed E-state index contributed by atoms with van der Waals surface area (Å²) in [5.41, 5.74) is 1.34. The van der Waals surface area contributed by atoms with Crippen molar-refractivity contribution in [3.63, 3.8) is 0 Å². The van der Waals surface area contributed by atoms with Crippen LogP contribution in [0, 0.1) is 0 Å². The van der Waals surface area contributed by atoms with E-state index in [1.807, 2.05) is 24.3 Å². The Morgan fingerprint density at radius 3 is 2.21 bits per heavy atom. The van der Waals surface area contributed by atoms with E-state index in [-0.39, 0.29) is 5.78 Å². The van der Waals surface area contributed by atoms with Gasteiger partial charge in [0, 0.05) is 28.0 Å². The van der Waals surface area contributed by atoms with Crippen molar-refractivity contribution >= 4 is 27.4 Å². The molecule has 0 unspecified atom stereocenters. The van der Waals surface area contributed by atoms with Crippen molar-refractivity contribution < 1.29 is 19.0 Å². The van der Waals surface area contributed by atoms with E-state index in [0.29, 0.717) is 21.5 Å². The first-order chi connectivity index (χ1) is 11.6. The summed E-state index contributed by atoms with van der Waals surface area (Å²) in [4.78, 5) is 12.4. The second kappa shape index (κ2) is 8.40. The number of nitrogens with one attached hydrogen (secondary N) is 1. The van der Waals surface area contributed by atoms with Gasteiger partial charge in [-0.15, -0.1) is 0 Å². The minimum Gasteiger partial charge on any atom is -0.497 e. The number of benzene rings is 2. The Morgan fingerprint density at radius 1 is 1.00 bits per heavy atom. The van der Waals surface area contributed by atoms with Crippen molar-refractivity contribution in [2.45, 2.75) is 0 Å². The van der Waals surface area contributed by atoms with Crippen LogP contribution in [0.5, 0.6) is 17.2 Å². The Labute approximate surface area is 149 Å². The molecule has 1 N–H and O–H groups in total. The Morgan fingerprint density at radius 2 is 1.62 bits per heavy atom. The zero-order valence-corrected chi connectivity index (χ0v) is 15.2. The fraction of sp³-hybridized carbons (Fsp3) is 0.167. The Bertz CT molecular complexity index is 741. The van der Waals surface area contributed by atoms with E-state index < -0.39 is 0 Å². The van der Waals surface area contributed by atoms with Crippen LogP contribution in [0.4, 0.5) is 5.69 Å². The van der Waals surface area contributed by atoms with E-state index in [2.05, 4.69) is 21.2 Å². The second-order valence-electron chi connectivity index (χ2n) is 4.76. The van der Waals surface area contributed by atoms with E-state index in [1.165, 1.54) is 13.2 Å². The van der Waals surface area contributed by atoms with Gasteiger partial charge in [-0.25, -0.2) is 0 Å². The van der Waals surface area contributed by atoms with Gasteiger partial charge in [-0.1, -0.05) is 0 Å². The van der Waals surface area contributed by atoms with Gasteiger partial charge in [-0.3, -0.25) is 4.79 Å². The molecule has 126 valence electrons. The topological polar surface area (TPSA) is 56.8 Å². The molecule has 2 aromatic rings. The number of allylic oxidation sites excluding steroid dienone is 1. The fourth-order valence-electron chi connectivity index (χ4n) is 2.03. The molecular formula is C18H18BrNO4. The largest absolute Gasteiger partial charge is 0.497 e. The highest BCUT2D eigenvalue weighted by molar-refractivity contribution is 9.10. The van der Waals surface area contributed by atoms with Crippen LogP contribution in [0.15, 0.2) is 53.1 Å². The zero-order valence-electron chi connectivity index (χ0n) is 13.6. The average Bonchev–Trinajstić information content (AvgIpc) is 2.61. The number of methoxy groups -OCH3 is 3. The first-order valence-electron chi connectivity index (χ1n) is 7.12. The molecule has 0 saturated carbocycles. The van der Waals surface area contributed by atoms with Crippen LogP contribution in [0.2, 0.25) is 0 Å². The van der Waals surface area contributed by atoms with E-state index in [9.17, 15) is 4.79 Å². The fourth-order valence-corrected chi connectivity index (χ4v) is 2.55. The van der Waals surface area contributed by atoms with Crippen molar-refractivity contribution in [1.29, 1.82) is 0 Å². The number of anilines is 1. The summed E-state index contributed by atoms with van der Waals surface area (Å²) < 4.78 is 16.2. The number of ether oxygens (including phenoxy) is 3. The summed E-state index contributed by atoms with van der Waals surface area (Å²) in [6, 6.07) is 10.7. The predicted molar refractivity (Wildman–Crippen MR) is 97.3 cm³/mol. The van der Waals surface area contributed by atoms with Crippen LogP contribution >= 0.6 is 15.9 Å². The molecule has 5 nitrogen and oxygen atoms in total. The molecule has 0 spiro atoms. The normalized spacial score (nSPS) is 10.5. The van der Waals surface area contributed by atoms with Crippen LogP contribution in [-0.4, -0.2) is 27.1 Å². The SMILES string of the molecule is COc1ccc(NC=CC(=O)c2cc(OC)c(OC)cc2Br)cc1. The van der Waals surface area contributed by atoms with E-state index in [4.69, 9.17) is 14.2 Å². The smallest absolute Gasteiger partial charge is 0.188 e. The Kier molecular flexibility index (Phi) is 6.26. The maximum Gasteiger partial charge on any atom is 0.188 e. The Balaban J connectivity index is 2.11. The lowest BCUT2D eigenvalue weighted by Gasteiger charge is -2.10. The van der Waals surface area contributed by atoms with Crippen molar-refractivity contribution in [2.24, 2.45) is 0 Å². The predicted octanol–water partition coefficient (Wildman–Crippen LogP) is 4.28. The number of ketones is 1. The molecule has 0 heterocycles. The van der Waals surface area contributed by atoms with Crippen LogP contribution in [0.1, 0.15) is 10.4 Å². The minimum atomic E-state index is -0.163. The molecule has 0 aliphatic carbocycles. The number of hydrogen-bond acceptors (Lipinski definition) is 5. The molecule has 0 fully saturated rings. The molecule has 0 radical (unpaired) electrons.